The molecule has 0 N–H and O–H groups in total. The minimum atomic E-state index is 0.120. The van der Waals surface area contributed by atoms with Crippen LogP contribution >= 0.6 is 11.3 Å². The summed E-state index contributed by atoms with van der Waals surface area (Å²) in [6.07, 6.45) is 0.444. The second kappa shape index (κ2) is 5.97. The summed E-state index contributed by atoms with van der Waals surface area (Å²) >= 11 is 1.61. The average molecular weight is 274 g/mol. The third kappa shape index (κ3) is 3.89. The lowest BCUT2D eigenvalue weighted by Crippen LogP contribution is -2.27. The van der Waals surface area contributed by atoms with E-state index >= 15 is 0 Å². The Labute approximate surface area is 117 Å². The highest BCUT2D eigenvalue weighted by Gasteiger charge is 2.11. The van der Waals surface area contributed by atoms with Gasteiger partial charge in [-0.3, -0.25) is 4.79 Å². The predicted octanol–water partition coefficient (Wildman–Crippen LogP) is 2.96. The average Bonchev–Trinajstić information content (AvgIpc) is 2.77. The van der Waals surface area contributed by atoms with Gasteiger partial charge in [0.05, 0.1) is 23.7 Å². The van der Waals surface area contributed by atoms with E-state index in [9.17, 15) is 4.79 Å². The molecule has 1 heterocycles. The standard InChI is InChI=1S/C15H18N2OS/c1-11-4-6-13(7-5-11)8-15(18)17(3)9-14-10-19-12(2)16-14/h4-7,10H,8-9H2,1-3H3. The normalized spacial score (nSPS) is 10.5. The second-order valence-electron chi connectivity index (χ2n) is 4.77. The van der Waals surface area contributed by atoms with Gasteiger partial charge in [0, 0.05) is 12.4 Å². The van der Waals surface area contributed by atoms with E-state index in [4.69, 9.17) is 0 Å². The van der Waals surface area contributed by atoms with Crippen LogP contribution in [0.1, 0.15) is 21.8 Å². The molecule has 1 aromatic heterocycles. The van der Waals surface area contributed by atoms with Crippen LogP contribution in [0.3, 0.4) is 0 Å². The van der Waals surface area contributed by atoms with Gasteiger partial charge in [-0.1, -0.05) is 29.8 Å². The summed E-state index contributed by atoms with van der Waals surface area (Å²) in [6.45, 7) is 4.60. The van der Waals surface area contributed by atoms with Crippen molar-refractivity contribution in [3.63, 3.8) is 0 Å². The molecule has 0 fully saturated rings. The summed E-state index contributed by atoms with van der Waals surface area (Å²) in [4.78, 5) is 18.2. The molecule has 0 bridgehead atoms. The maximum absolute atomic E-state index is 12.1. The third-order valence-corrected chi connectivity index (χ3v) is 3.79. The monoisotopic (exact) mass is 274 g/mol. The van der Waals surface area contributed by atoms with E-state index in [-0.39, 0.29) is 5.91 Å². The van der Waals surface area contributed by atoms with Gasteiger partial charge in [-0.05, 0) is 19.4 Å². The Hall–Kier alpha value is -1.68. The highest BCUT2D eigenvalue weighted by Crippen LogP contribution is 2.11. The molecule has 0 spiro atoms. The molecule has 0 aliphatic heterocycles. The molecule has 0 aliphatic carbocycles. The first kappa shape index (κ1) is 13.7. The number of benzene rings is 1. The van der Waals surface area contributed by atoms with Crippen molar-refractivity contribution in [3.8, 4) is 0 Å². The first-order chi connectivity index (χ1) is 9.04. The molecule has 1 aromatic carbocycles. The molecule has 0 unspecified atom stereocenters. The van der Waals surface area contributed by atoms with Gasteiger partial charge in [0.2, 0.25) is 5.91 Å². The van der Waals surface area contributed by atoms with Crippen LogP contribution in [-0.2, 0) is 17.8 Å². The number of amides is 1. The van der Waals surface area contributed by atoms with Crippen molar-refractivity contribution in [1.29, 1.82) is 0 Å². The summed E-state index contributed by atoms with van der Waals surface area (Å²) in [5.41, 5.74) is 3.22. The molecule has 0 radical (unpaired) electrons. The topological polar surface area (TPSA) is 33.2 Å². The van der Waals surface area contributed by atoms with E-state index in [0.717, 1.165) is 16.3 Å². The van der Waals surface area contributed by atoms with Crippen LogP contribution < -0.4 is 0 Å². The fraction of sp³-hybridized carbons (Fsp3) is 0.333. The van der Waals surface area contributed by atoms with Crippen LogP contribution in [0.5, 0.6) is 0 Å². The Morgan fingerprint density at radius 1 is 1.26 bits per heavy atom. The maximum Gasteiger partial charge on any atom is 0.227 e. The van der Waals surface area contributed by atoms with E-state index in [2.05, 4.69) is 4.98 Å². The van der Waals surface area contributed by atoms with Crippen molar-refractivity contribution in [2.45, 2.75) is 26.8 Å². The van der Waals surface area contributed by atoms with Gasteiger partial charge in [-0.25, -0.2) is 4.98 Å². The van der Waals surface area contributed by atoms with Gasteiger partial charge in [-0.15, -0.1) is 11.3 Å². The molecular formula is C15H18N2OS. The second-order valence-corrected chi connectivity index (χ2v) is 5.83. The van der Waals surface area contributed by atoms with E-state index < -0.39 is 0 Å². The fourth-order valence-electron chi connectivity index (χ4n) is 1.83. The van der Waals surface area contributed by atoms with Gasteiger partial charge in [0.15, 0.2) is 0 Å². The van der Waals surface area contributed by atoms with Crippen LogP contribution in [0.25, 0.3) is 0 Å². The highest BCUT2D eigenvalue weighted by molar-refractivity contribution is 7.09. The molecule has 2 aromatic rings. The number of rotatable bonds is 4. The Morgan fingerprint density at radius 3 is 2.53 bits per heavy atom. The van der Waals surface area contributed by atoms with Gasteiger partial charge < -0.3 is 4.90 Å². The molecule has 19 heavy (non-hydrogen) atoms. The van der Waals surface area contributed by atoms with Crippen molar-refractivity contribution in [3.05, 3.63) is 51.5 Å². The zero-order valence-corrected chi connectivity index (χ0v) is 12.3. The summed E-state index contributed by atoms with van der Waals surface area (Å²) in [7, 11) is 1.82. The van der Waals surface area contributed by atoms with E-state index in [1.807, 2.05) is 50.5 Å². The zero-order chi connectivity index (χ0) is 13.8. The Morgan fingerprint density at radius 2 is 1.95 bits per heavy atom. The first-order valence-corrected chi connectivity index (χ1v) is 7.13. The molecule has 1 amide bonds. The van der Waals surface area contributed by atoms with Crippen LogP contribution in [0.4, 0.5) is 0 Å². The molecule has 0 saturated heterocycles. The predicted molar refractivity (Wildman–Crippen MR) is 78.2 cm³/mol. The van der Waals surface area contributed by atoms with Gasteiger partial charge in [0.25, 0.3) is 0 Å². The number of hydrogen-bond acceptors (Lipinski definition) is 3. The van der Waals surface area contributed by atoms with Crippen LogP contribution in [0, 0.1) is 13.8 Å². The smallest absolute Gasteiger partial charge is 0.227 e. The molecule has 3 nitrogen and oxygen atoms in total. The highest BCUT2D eigenvalue weighted by atomic mass is 32.1. The summed E-state index contributed by atoms with van der Waals surface area (Å²) < 4.78 is 0. The quantitative estimate of drug-likeness (QED) is 0.859. The summed E-state index contributed by atoms with van der Waals surface area (Å²) in [5.74, 6) is 0.120. The number of hydrogen-bond donors (Lipinski definition) is 0. The van der Waals surface area contributed by atoms with Crippen LogP contribution in [0.15, 0.2) is 29.6 Å². The summed E-state index contributed by atoms with van der Waals surface area (Å²) in [6, 6.07) is 8.08. The number of aryl methyl sites for hydroxylation is 2. The SMILES string of the molecule is Cc1ccc(CC(=O)N(C)Cc2csc(C)n2)cc1. The Bertz CT molecular complexity index is 560. The van der Waals surface area contributed by atoms with Gasteiger partial charge in [-0.2, -0.15) is 0 Å². The minimum Gasteiger partial charge on any atom is -0.340 e. The van der Waals surface area contributed by atoms with Gasteiger partial charge >= 0.3 is 0 Å². The van der Waals surface area contributed by atoms with E-state index in [0.29, 0.717) is 13.0 Å². The third-order valence-electron chi connectivity index (χ3n) is 2.97. The number of carbonyl (C=O) groups is 1. The molecule has 2 rings (SSSR count). The van der Waals surface area contributed by atoms with Crippen molar-refractivity contribution in [2.75, 3.05) is 7.05 Å². The zero-order valence-electron chi connectivity index (χ0n) is 11.5. The van der Waals surface area contributed by atoms with Crippen LogP contribution in [0.2, 0.25) is 0 Å². The first-order valence-electron chi connectivity index (χ1n) is 6.25. The van der Waals surface area contributed by atoms with Crippen molar-refractivity contribution in [2.24, 2.45) is 0 Å². The van der Waals surface area contributed by atoms with Crippen molar-refractivity contribution >= 4 is 17.2 Å². The molecule has 4 heteroatoms. The van der Waals surface area contributed by atoms with E-state index in [1.54, 1.807) is 16.2 Å². The lowest BCUT2D eigenvalue weighted by Gasteiger charge is -2.16. The molecule has 0 saturated carbocycles. The number of aromatic nitrogens is 1. The van der Waals surface area contributed by atoms with E-state index in [1.165, 1.54) is 5.56 Å². The Balaban J connectivity index is 1.94. The van der Waals surface area contributed by atoms with Crippen molar-refractivity contribution < 1.29 is 4.79 Å². The minimum absolute atomic E-state index is 0.120. The number of likely N-dealkylation sites (N-methyl/N-ethyl adjacent to an activating group) is 1. The van der Waals surface area contributed by atoms with Crippen molar-refractivity contribution in [1.82, 2.24) is 9.88 Å². The summed E-state index contributed by atoms with van der Waals surface area (Å²) in [5, 5.41) is 3.04. The van der Waals surface area contributed by atoms with Gasteiger partial charge in [0.1, 0.15) is 0 Å². The number of carbonyl (C=O) groups excluding carboxylic acids is 1. The lowest BCUT2D eigenvalue weighted by atomic mass is 10.1. The largest absolute Gasteiger partial charge is 0.340 e. The molecule has 100 valence electrons. The lowest BCUT2D eigenvalue weighted by molar-refractivity contribution is -0.129. The number of nitrogens with zero attached hydrogens (tertiary/aromatic N) is 2. The molecular weight excluding hydrogens is 256 g/mol. The number of thiazole rings is 1. The maximum atomic E-state index is 12.1. The Kier molecular flexibility index (Phi) is 4.32. The molecule has 0 aliphatic rings. The molecule has 0 atom stereocenters. The van der Waals surface area contributed by atoms with Crippen LogP contribution in [-0.4, -0.2) is 22.8 Å². The fourth-order valence-corrected chi connectivity index (χ4v) is 2.43.